The van der Waals surface area contributed by atoms with Gasteiger partial charge in [-0.25, -0.2) is 0 Å². The molecule has 0 spiro atoms. The maximum atomic E-state index is 11.3. The number of benzene rings is 3. The van der Waals surface area contributed by atoms with Gasteiger partial charge in [0.1, 0.15) is 0 Å². The molecule has 3 aromatic carbocycles. The quantitative estimate of drug-likeness (QED) is 0.486. The SMILES string of the molecule is COc1ccc(-c2ccc(-c3ccccc3C=O)cc2)cc1OC1CCCC1. The zero-order chi connectivity index (χ0) is 19.3. The molecule has 3 heteroatoms. The van der Waals surface area contributed by atoms with Crippen LogP contribution in [0.2, 0.25) is 0 Å². The summed E-state index contributed by atoms with van der Waals surface area (Å²) in [5, 5.41) is 0. The Morgan fingerprint density at radius 1 is 0.821 bits per heavy atom. The molecule has 0 bridgehead atoms. The Bertz CT molecular complexity index is 954. The summed E-state index contributed by atoms with van der Waals surface area (Å²) in [6, 6.07) is 22.0. The summed E-state index contributed by atoms with van der Waals surface area (Å²) < 4.78 is 11.7. The van der Waals surface area contributed by atoms with Crippen LogP contribution in [0.25, 0.3) is 22.3 Å². The van der Waals surface area contributed by atoms with Gasteiger partial charge in [-0.2, -0.15) is 0 Å². The van der Waals surface area contributed by atoms with E-state index in [1.807, 2.05) is 30.3 Å². The molecule has 0 atom stereocenters. The topological polar surface area (TPSA) is 35.5 Å². The third-order valence-corrected chi connectivity index (χ3v) is 5.38. The van der Waals surface area contributed by atoms with Crippen molar-refractivity contribution in [1.29, 1.82) is 0 Å². The number of rotatable bonds is 6. The molecule has 1 fully saturated rings. The lowest BCUT2D eigenvalue weighted by Crippen LogP contribution is -2.11. The highest BCUT2D eigenvalue weighted by molar-refractivity contribution is 5.88. The van der Waals surface area contributed by atoms with E-state index in [2.05, 4.69) is 36.4 Å². The van der Waals surface area contributed by atoms with Crippen LogP contribution in [0, 0.1) is 0 Å². The summed E-state index contributed by atoms with van der Waals surface area (Å²) in [6.07, 6.45) is 5.87. The second-order valence-corrected chi connectivity index (χ2v) is 7.17. The van der Waals surface area contributed by atoms with Crippen LogP contribution in [0.15, 0.2) is 66.7 Å². The minimum absolute atomic E-state index is 0.284. The van der Waals surface area contributed by atoms with Gasteiger partial charge in [0, 0.05) is 5.56 Å². The van der Waals surface area contributed by atoms with Crippen molar-refractivity contribution in [3.8, 4) is 33.8 Å². The van der Waals surface area contributed by atoms with Crippen molar-refractivity contribution in [3.05, 3.63) is 72.3 Å². The molecular weight excluding hydrogens is 348 g/mol. The number of ether oxygens (including phenoxy) is 2. The lowest BCUT2D eigenvalue weighted by Gasteiger charge is -2.17. The first kappa shape index (κ1) is 18.3. The van der Waals surface area contributed by atoms with Gasteiger partial charge in [-0.15, -0.1) is 0 Å². The Morgan fingerprint density at radius 2 is 1.50 bits per heavy atom. The van der Waals surface area contributed by atoms with Crippen LogP contribution in [-0.2, 0) is 0 Å². The Morgan fingerprint density at radius 3 is 2.21 bits per heavy atom. The van der Waals surface area contributed by atoms with Crippen molar-refractivity contribution >= 4 is 6.29 Å². The summed E-state index contributed by atoms with van der Waals surface area (Å²) in [4.78, 5) is 11.3. The van der Waals surface area contributed by atoms with Crippen molar-refractivity contribution in [2.24, 2.45) is 0 Å². The van der Waals surface area contributed by atoms with E-state index in [0.29, 0.717) is 5.56 Å². The third kappa shape index (κ3) is 3.79. The average Bonchev–Trinajstić information content (AvgIpc) is 3.27. The predicted molar refractivity (Wildman–Crippen MR) is 112 cm³/mol. The van der Waals surface area contributed by atoms with Crippen molar-refractivity contribution in [3.63, 3.8) is 0 Å². The minimum atomic E-state index is 0.284. The molecule has 3 nitrogen and oxygen atoms in total. The molecule has 0 amide bonds. The van der Waals surface area contributed by atoms with Crippen molar-refractivity contribution in [2.45, 2.75) is 31.8 Å². The van der Waals surface area contributed by atoms with Crippen LogP contribution in [0.4, 0.5) is 0 Å². The maximum Gasteiger partial charge on any atom is 0.162 e. The fraction of sp³-hybridized carbons (Fsp3) is 0.240. The summed E-state index contributed by atoms with van der Waals surface area (Å²) in [7, 11) is 1.68. The first-order valence-corrected chi connectivity index (χ1v) is 9.78. The Kier molecular flexibility index (Phi) is 5.43. The highest BCUT2D eigenvalue weighted by atomic mass is 16.5. The third-order valence-electron chi connectivity index (χ3n) is 5.38. The molecule has 0 unspecified atom stereocenters. The fourth-order valence-corrected chi connectivity index (χ4v) is 3.84. The second kappa shape index (κ2) is 8.30. The molecule has 0 aromatic heterocycles. The summed E-state index contributed by atoms with van der Waals surface area (Å²) in [6.45, 7) is 0. The van der Waals surface area contributed by atoms with Crippen LogP contribution < -0.4 is 9.47 Å². The smallest absolute Gasteiger partial charge is 0.162 e. The van der Waals surface area contributed by atoms with Gasteiger partial charge in [-0.1, -0.05) is 54.6 Å². The molecule has 0 aliphatic heterocycles. The molecule has 0 radical (unpaired) electrons. The van der Waals surface area contributed by atoms with E-state index in [0.717, 1.165) is 52.9 Å². The van der Waals surface area contributed by atoms with E-state index in [9.17, 15) is 4.79 Å². The van der Waals surface area contributed by atoms with Gasteiger partial charge >= 0.3 is 0 Å². The number of hydrogen-bond acceptors (Lipinski definition) is 3. The second-order valence-electron chi connectivity index (χ2n) is 7.17. The molecule has 4 rings (SSSR count). The Balaban J connectivity index is 1.62. The van der Waals surface area contributed by atoms with Crippen LogP contribution in [0.5, 0.6) is 11.5 Å². The van der Waals surface area contributed by atoms with Crippen molar-refractivity contribution in [2.75, 3.05) is 7.11 Å². The van der Waals surface area contributed by atoms with E-state index >= 15 is 0 Å². The molecule has 0 N–H and O–H groups in total. The van der Waals surface area contributed by atoms with Crippen LogP contribution in [0.1, 0.15) is 36.0 Å². The van der Waals surface area contributed by atoms with Gasteiger partial charge in [0.2, 0.25) is 0 Å². The highest BCUT2D eigenvalue weighted by Gasteiger charge is 2.19. The van der Waals surface area contributed by atoms with Gasteiger partial charge in [-0.05, 0) is 60.1 Å². The van der Waals surface area contributed by atoms with Crippen LogP contribution >= 0.6 is 0 Å². The van der Waals surface area contributed by atoms with Gasteiger partial charge in [0.05, 0.1) is 13.2 Å². The van der Waals surface area contributed by atoms with Crippen molar-refractivity contribution in [1.82, 2.24) is 0 Å². The van der Waals surface area contributed by atoms with Crippen LogP contribution in [0.3, 0.4) is 0 Å². The minimum Gasteiger partial charge on any atom is -0.493 e. The summed E-state index contributed by atoms with van der Waals surface area (Å²) >= 11 is 0. The standard InChI is InChI=1S/C25H24O3/c1-27-24-15-14-20(16-25(24)28-22-7-3-4-8-22)18-10-12-19(13-11-18)23-9-5-2-6-21(23)17-26/h2,5-6,9-17,22H,3-4,7-8H2,1H3. The molecule has 1 aliphatic rings. The van der Waals surface area contributed by atoms with E-state index in [1.54, 1.807) is 7.11 Å². The van der Waals surface area contributed by atoms with Crippen molar-refractivity contribution < 1.29 is 14.3 Å². The number of aldehydes is 1. The van der Waals surface area contributed by atoms with Crippen LogP contribution in [-0.4, -0.2) is 19.5 Å². The molecule has 0 heterocycles. The number of carbonyl (C=O) groups excluding carboxylic acids is 1. The lowest BCUT2D eigenvalue weighted by atomic mass is 9.97. The molecule has 28 heavy (non-hydrogen) atoms. The van der Waals surface area contributed by atoms with Gasteiger partial charge in [0.25, 0.3) is 0 Å². The zero-order valence-corrected chi connectivity index (χ0v) is 16.1. The predicted octanol–water partition coefficient (Wildman–Crippen LogP) is 6.16. The van der Waals surface area contributed by atoms with E-state index < -0.39 is 0 Å². The molecule has 3 aromatic rings. The van der Waals surface area contributed by atoms with E-state index in [1.165, 1.54) is 12.8 Å². The maximum absolute atomic E-state index is 11.3. The zero-order valence-electron chi connectivity index (χ0n) is 16.1. The van der Waals surface area contributed by atoms with E-state index in [-0.39, 0.29) is 6.10 Å². The van der Waals surface area contributed by atoms with Gasteiger partial charge in [0.15, 0.2) is 17.8 Å². The van der Waals surface area contributed by atoms with E-state index in [4.69, 9.17) is 9.47 Å². The average molecular weight is 372 g/mol. The monoisotopic (exact) mass is 372 g/mol. The summed E-state index contributed by atoms with van der Waals surface area (Å²) in [5.41, 5.74) is 4.87. The van der Waals surface area contributed by atoms with Gasteiger partial charge in [-0.3, -0.25) is 4.79 Å². The number of methoxy groups -OCH3 is 1. The largest absolute Gasteiger partial charge is 0.493 e. The summed E-state index contributed by atoms with van der Waals surface area (Å²) in [5.74, 6) is 1.58. The number of hydrogen-bond donors (Lipinski definition) is 0. The first-order valence-electron chi connectivity index (χ1n) is 9.78. The Labute approximate surface area is 165 Å². The normalized spacial score (nSPS) is 14.0. The first-order chi connectivity index (χ1) is 13.8. The lowest BCUT2D eigenvalue weighted by molar-refractivity contribution is 0.112. The Hall–Kier alpha value is -3.07. The molecule has 142 valence electrons. The molecule has 0 saturated heterocycles. The van der Waals surface area contributed by atoms with Gasteiger partial charge < -0.3 is 9.47 Å². The highest BCUT2D eigenvalue weighted by Crippen LogP contribution is 2.36. The number of carbonyl (C=O) groups is 1. The molecular formula is C25H24O3. The fourth-order valence-electron chi connectivity index (χ4n) is 3.84. The molecule has 1 aliphatic carbocycles. The molecule has 1 saturated carbocycles.